The number of nitrogens with zero attached hydrogens (tertiary/aromatic N) is 2. The summed E-state index contributed by atoms with van der Waals surface area (Å²) in [4.78, 5) is 4.08. The Kier molecular flexibility index (Phi) is 4.04. The molecule has 2 heterocycles. The molecule has 0 amide bonds. The summed E-state index contributed by atoms with van der Waals surface area (Å²) in [5.41, 5.74) is 2.34. The minimum absolute atomic E-state index is 0.118. The van der Waals surface area contributed by atoms with Crippen molar-refractivity contribution in [2.45, 2.75) is 31.0 Å². The lowest BCUT2D eigenvalue weighted by molar-refractivity contribution is -0.0440. The second-order valence-electron chi connectivity index (χ2n) is 4.60. The third kappa shape index (κ3) is 3.03. The quantitative estimate of drug-likeness (QED) is 0.607. The summed E-state index contributed by atoms with van der Waals surface area (Å²) in [6.07, 6.45) is 1.18. The second-order valence-corrected chi connectivity index (χ2v) is 6.54. The molecule has 0 aliphatic carbocycles. The summed E-state index contributed by atoms with van der Waals surface area (Å²) in [7, 11) is -3.54. The number of ether oxygens (including phenoxy) is 1. The average Bonchev–Trinajstić information content (AvgIpc) is 2.37. The third-order valence-electron chi connectivity index (χ3n) is 2.90. The fourth-order valence-corrected chi connectivity index (χ4v) is 3.73. The van der Waals surface area contributed by atoms with Crippen molar-refractivity contribution in [2.75, 3.05) is 18.5 Å². The highest BCUT2D eigenvalue weighted by Crippen LogP contribution is 2.21. The van der Waals surface area contributed by atoms with Crippen LogP contribution in [-0.2, 0) is 14.8 Å². The Bertz CT molecular complexity index is 539. The molecule has 0 aromatic carbocycles. The summed E-state index contributed by atoms with van der Waals surface area (Å²) in [5.74, 6) is 5.56. The maximum absolute atomic E-state index is 12.5. The standard InChI is InChI=1S/C11H18N4O3S/c1-8-6-15(7-9(2)18-8)19(16,17)10-3-4-13-11(5-10)14-12/h3-5,8-9H,6-7,12H2,1-2H3,(H,13,14). The number of anilines is 1. The van der Waals surface area contributed by atoms with Crippen LogP contribution in [0.3, 0.4) is 0 Å². The Morgan fingerprint density at radius 2 is 2.05 bits per heavy atom. The van der Waals surface area contributed by atoms with Gasteiger partial charge < -0.3 is 10.2 Å². The number of hydrogen-bond donors (Lipinski definition) is 2. The van der Waals surface area contributed by atoms with Crippen molar-refractivity contribution in [3.63, 3.8) is 0 Å². The van der Waals surface area contributed by atoms with E-state index in [1.807, 2.05) is 13.8 Å². The molecule has 1 saturated heterocycles. The number of sulfonamides is 1. The van der Waals surface area contributed by atoms with E-state index in [0.717, 1.165) is 0 Å². The van der Waals surface area contributed by atoms with Crippen LogP contribution < -0.4 is 11.3 Å². The van der Waals surface area contributed by atoms with Crippen LogP contribution in [0.1, 0.15) is 13.8 Å². The zero-order valence-electron chi connectivity index (χ0n) is 10.9. The van der Waals surface area contributed by atoms with Crippen LogP contribution in [0, 0.1) is 0 Å². The Balaban J connectivity index is 2.30. The normalized spacial score (nSPS) is 25.2. The molecule has 1 aliphatic rings. The molecule has 3 N–H and O–H groups in total. The van der Waals surface area contributed by atoms with Gasteiger partial charge in [-0.15, -0.1) is 0 Å². The molecular weight excluding hydrogens is 268 g/mol. The van der Waals surface area contributed by atoms with Crippen LogP contribution in [0.15, 0.2) is 23.2 Å². The highest BCUT2D eigenvalue weighted by Gasteiger charge is 2.32. The predicted octanol–water partition coefficient (Wildman–Crippen LogP) is 0.165. The monoisotopic (exact) mass is 286 g/mol. The van der Waals surface area contributed by atoms with Crippen molar-refractivity contribution in [1.29, 1.82) is 0 Å². The maximum atomic E-state index is 12.5. The Morgan fingerprint density at radius 3 is 2.63 bits per heavy atom. The van der Waals surface area contributed by atoms with Gasteiger partial charge in [0.25, 0.3) is 0 Å². The first kappa shape index (κ1) is 14.2. The molecule has 19 heavy (non-hydrogen) atoms. The highest BCUT2D eigenvalue weighted by atomic mass is 32.2. The number of nitrogens with two attached hydrogens (primary N) is 1. The van der Waals surface area contributed by atoms with E-state index < -0.39 is 10.0 Å². The van der Waals surface area contributed by atoms with Gasteiger partial charge >= 0.3 is 0 Å². The van der Waals surface area contributed by atoms with Crippen molar-refractivity contribution in [3.8, 4) is 0 Å². The molecular formula is C11H18N4O3S. The second kappa shape index (κ2) is 5.41. The summed E-state index contributed by atoms with van der Waals surface area (Å²) in [6.45, 7) is 4.41. The SMILES string of the molecule is CC1CN(S(=O)(=O)c2ccnc(NN)c2)CC(C)O1. The first-order valence-corrected chi connectivity index (χ1v) is 7.45. The Hall–Kier alpha value is -1.22. The van der Waals surface area contributed by atoms with Crippen molar-refractivity contribution in [2.24, 2.45) is 5.84 Å². The van der Waals surface area contributed by atoms with E-state index in [1.54, 1.807) is 0 Å². The number of aromatic nitrogens is 1. The van der Waals surface area contributed by atoms with Gasteiger partial charge in [0.15, 0.2) is 0 Å². The van der Waals surface area contributed by atoms with E-state index in [2.05, 4.69) is 10.4 Å². The Labute approximate surface area is 112 Å². The van der Waals surface area contributed by atoms with E-state index in [-0.39, 0.29) is 17.1 Å². The van der Waals surface area contributed by atoms with Crippen molar-refractivity contribution >= 4 is 15.8 Å². The van der Waals surface area contributed by atoms with Crippen LogP contribution in [0.5, 0.6) is 0 Å². The lowest BCUT2D eigenvalue weighted by Crippen LogP contribution is -2.48. The lowest BCUT2D eigenvalue weighted by Gasteiger charge is -2.34. The highest BCUT2D eigenvalue weighted by molar-refractivity contribution is 7.89. The van der Waals surface area contributed by atoms with Gasteiger partial charge in [0, 0.05) is 25.4 Å². The van der Waals surface area contributed by atoms with Crippen molar-refractivity contribution < 1.29 is 13.2 Å². The maximum Gasteiger partial charge on any atom is 0.243 e. The van der Waals surface area contributed by atoms with Gasteiger partial charge in [0.05, 0.1) is 17.1 Å². The molecule has 1 fully saturated rings. The number of hydrogen-bond acceptors (Lipinski definition) is 6. The first-order valence-electron chi connectivity index (χ1n) is 6.01. The minimum Gasteiger partial charge on any atom is -0.373 e. The van der Waals surface area contributed by atoms with Gasteiger partial charge in [0.2, 0.25) is 10.0 Å². The molecule has 0 bridgehead atoms. The van der Waals surface area contributed by atoms with Gasteiger partial charge in [-0.25, -0.2) is 19.2 Å². The number of rotatable bonds is 3. The average molecular weight is 286 g/mol. The molecule has 2 unspecified atom stereocenters. The third-order valence-corrected chi connectivity index (χ3v) is 4.73. The van der Waals surface area contributed by atoms with E-state index in [0.29, 0.717) is 18.9 Å². The molecule has 7 nitrogen and oxygen atoms in total. The van der Waals surface area contributed by atoms with Crippen LogP contribution >= 0.6 is 0 Å². The number of pyridine rings is 1. The van der Waals surface area contributed by atoms with Crippen LogP contribution in [0.2, 0.25) is 0 Å². The fraction of sp³-hybridized carbons (Fsp3) is 0.545. The number of nitrogens with one attached hydrogen (secondary N) is 1. The van der Waals surface area contributed by atoms with Gasteiger partial charge in [-0.3, -0.25) is 0 Å². The molecule has 8 heteroatoms. The fourth-order valence-electron chi connectivity index (χ4n) is 2.13. The zero-order chi connectivity index (χ0) is 14.0. The van der Waals surface area contributed by atoms with Crippen molar-refractivity contribution in [1.82, 2.24) is 9.29 Å². The van der Waals surface area contributed by atoms with Gasteiger partial charge in [0.1, 0.15) is 5.82 Å². The largest absolute Gasteiger partial charge is 0.373 e. The number of morpholine rings is 1. The summed E-state index contributed by atoms with van der Waals surface area (Å²) in [6, 6.07) is 2.88. The summed E-state index contributed by atoms with van der Waals surface area (Å²) >= 11 is 0. The molecule has 2 rings (SSSR count). The Morgan fingerprint density at radius 1 is 1.42 bits per heavy atom. The molecule has 2 atom stereocenters. The molecule has 0 spiro atoms. The van der Waals surface area contributed by atoms with Crippen molar-refractivity contribution in [3.05, 3.63) is 18.3 Å². The van der Waals surface area contributed by atoms with E-state index in [1.165, 1.54) is 22.6 Å². The van der Waals surface area contributed by atoms with Gasteiger partial charge in [-0.2, -0.15) is 4.31 Å². The minimum atomic E-state index is -3.54. The van der Waals surface area contributed by atoms with Crippen LogP contribution in [0.25, 0.3) is 0 Å². The summed E-state index contributed by atoms with van der Waals surface area (Å²) in [5, 5.41) is 0. The number of hydrazine groups is 1. The zero-order valence-corrected chi connectivity index (χ0v) is 11.7. The molecule has 1 aromatic rings. The summed E-state index contributed by atoms with van der Waals surface area (Å²) < 4.78 is 32.0. The molecule has 0 radical (unpaired) electrons. The molecule has 1 aromatic heterocycles. The van der Waals surface area contributed by atoms with E-state index >= 15 is 0 Å². The number of nitrogen functional groups attached to an aromatic ring is 1. The lowest BCUT2D eigenvalue weighted by atomic mass is 10.3. The van der Waals surface area contributed by atoms with Gasteiger partial charge in [-0.1, -0.05) is 0 Å². The van der Waals surface area contributed by atoms with Crippen LogP contribution in [-0.4, -0.2) is 43.0 Å². The topological polar surface area (TPSA) is 97.6 Å². The molecule has 1 aliphatic heterocycles. The smallest absolute Gasteiger partial charge is 0.243 e. The molecule has 0 saturated carbocycles. The molecule has 106 valence electrons. The van der Waals surface area contributed by atoms with E-state index in [4.69, 9.17) is 10.6 Å². The van der Waals surface area contributed by atoms with Crippen LogP contribution in [0.4, 0.5) is 5.82 Å². The van der Waals surface area contributed by atoms with E-state index in [9.17, 15) is 8.42 Å². The predicted molar refractivity (Wildman–Crippen MR) is 70.8 cm³/mol. The first-order chi connectivity index (χ1) is 8.93. The van der Waals surface area contributed by atoms with Gasteiger partial charge in [-0.05, 0) is 19.9 Å².